The smallest absolute Gasteiger partial charge is 0.244 e. The number of rotatable bonds is 5. The Morgan fingerprint density at radius 1 is 1.26 bits per heavy atom. The van der Waals surface area contributed by atoms with Crippen LogP contribution >= 0.6 is 11.3 Å². The maximum atomic E-state index is 6.30. The van der Waals surface area contributed by atoms with Crippen LogP contribution < -0.4 is 10.1 Å². The number of aromatic nitrogens is 5. The predicted octanol–water partition coefficient (Wildman–Crippen LogP) is 4.53. The largest absolute Gasteiger partial charge is 0.470 e. The molecular formula is C22H22N6O2S. The van der Waals surface area contributed by atoms with E-state index in [9.17, 15) is 0 Å². The molecule has 0 amide bonds. The highest BCUT2D eigenvalue weighted by Gasteiger charge is 2.22. The first kappa shape index (κ1) is 18.3. The van der Waals surface area contributed by atoms with Crippen molar-refractivity contribution in [1.29, 1.82) is 0 Å². The molecule has 1 atom stereocenters. The van der Waals surface area contributed by atoms with Crippen LogP contribution in [0.25, 0.3) is 26.8 Å². The summed E-state index contributed by atoms with van der Waals surface area (Å²) in [5.41, 5.74) is 3.54. The van der Waals surface area contributed by atoms with E-state index in [4.69, 9.17) is 19.4 Å². The monoisotopic (exact) mass is 434 g/mol. The number of benzene rings is 1. The number of aryl methyl sites for hydroxylation is 1. The molecule has 0 spiro atoms. The summed E-state index contributed by atoms with van der Waals surface area (Å²) in [5.74, 6) is 1.05. The van der Waals surface area contributed by atoms with E-state index in [0.29, 0.717) is 25.0 Å². The second-order valence-corrected chi connectivity index (χ2v) is 8.43. The van der Waals surface area contributed by atoms with Crippen LogP contribution in [0.15, 0.2) is 54.3 Å². The highest BCUT2D eigenvalue weighted by atomic mass is 32.1. The Hall–Kier alpha value is -3.43. The average Bonchev–Trinajstić information content (AvgIpc) is 3.56. The second-order valence-electron chi connectivity index (χ2n) is 7.52. The number of thiophene rings is 1. The molecular weight excluding hydrogens is 412 g/mol. The van der Waals surface area contributed by atoms with Crippen LogP contribution in [-0.2, 0) is 11.8 Å². The minimum atomic E-state index is -0.0230. The van der Waals surface area contributed by atoms with Crippen LogP contribution in [0.3, 0.4) is 0 Å². The third-order valence-corrected chi connectivity index (χ3v) is 6.33. The molecule has 6 rings (SSSR count). The molecule has 1 aromatic carbocycles. The molecule has 0 saturated carbocycles. The Labute approximate surface area is 183 Å². The Bertz CT molecular complexity index is 1390. The van der Waals surface area contributed by atoms with Gasteiger partial charge in [-0.1, -0.05) is 18.2 Å². The first-order chi connectivity index (χ1) is 15.2. The topological polar surface area (TPSA) is 79.0 Å². The number of hydrogen-bond donors (Lipinski definition) is 1. The van der Waals surface area contributed by atoms with Gasteiger partial charge < -0.3 is 19.4 Å². The fraction of sp³-hybridized carbons (Fsp3) is 0.227. The first-order valence-corrected chi connectivity index (χ1v) is 11.0. The Morgan fingerprint density at radius 3 is 3.03 bits per heavy atom. The molecule has 31 heavy (non-hydrogen) atoms. The number of nitrogens with zero attached hydrogens (tertiary/aromatic N) is 5. The predicted molar refractivity (Wildman–Crippen MR) is 123 cm³/mol. The molecule has 1 fully saturated rings. The van der Waals surface area contributed by atoms with E-state index in [2.05, 4.69) is 27.9 Å². The third kappa shape index (κ3) is 3.31. The van der Waals surface area contributed by atoms with Crippen molar-refractivity contribution in [2.24, 2.45) is 7.05 Å². The molecule has 8 nitrogen and oxygen atoms in total. The standard InChI is InChI=1S/C22H20N6O2S.H2/c1-27-11-14(10-23-27)28-8-6-17-20(28)21(30-15-7-9-29-12-15)26-22(24-17)25-18-13-31-19-5-3-2-4-16(18)19;/h2-6,8,10-11,13,15H,7,9,12H2,1H3,(H,24,25,26);1H/t15-;/m0./s1. The summed E-state index contributed by atoms with van der Waals surface area (Å²) < 4.78 is 16.8. The van der Waals surface area contributed by atoms with Gasteiger partial charge in [-0.3, -0.25) is 4.68 Å². The molecule has 1 aliphatic heterocycles. The van der Waals surface area contributed by atoms with Gasteiger partial charge in [0.1, 0.15) is 11.6 Å². The summed E-state index contributed by atoms with van der Waals surface area (Å²) in [6.45, 7) is 1.27. The highest BCUT2D eigenvalue weighted by Crippen LogP contribution is 2.34. The van der Waals surface area contributed by atoms with Crippen LogP contribution in [0.5, 0.6) is 5.88 Å². The molecule has 0 radical (unpaired) electrons. The maximum Gasteiger partial charge on any atom is 0.244 e. The van der Waals surface area contributed by atoms with Crippen LogP contribution in [0, 0.1) is 0 Å². The maximum absolute atomic E-state index is 6.30. The van der Waals surface area contributed by atoms with Gasteiger partial charge in [0.05, 0.1) is 36.3 Å². The SMILES string of the molecule is Cn1cc(-n2ccc3nc(Nc4csc5ccccc45)nc(O[C@H]4CCOC4)c32)cn1.[HH]. The number of hydrogen-bond acceptors (Lipinski definition) is 7. The van der Waals surface area contributed by atoms with Gasteiger partial charge in [-0.2, -0.15) is 10.1 Å². The fourth-order valence-corrected chi connectivity index (χ4v) is 4.75. The zero-order chi connectivity index (χ0) is 20.8. The van der Waals surface area contributed by atoms with Crippen molar-refractivity contribution in [1.82, 2.24) is 24.3 Å². The van der Waals surface area contributed by atoms with Gasteiger partial charge in [0, 0.05) is 42.8 Å². The van der Waals surface area contributed by atoms with Gasteiger partial charge in [-0.15, -0.1) is 11.3 Å². The van der Waals surface area contributed by atoms with E-state index in [1.54, 1.807) is 16.0 Å². The summed E-state index contributed by atoms with van der Waals surface area (Å²) in [7, 11) is 1.90. The summed E-state index contributed by atoms with van der Waals surface area (Å²) in [4.78, 5) is 9.54. The van der Waals surface area contributed by atoms with E-state index < -0.39 is 0 Å². The van der Waals surface area contributed by atoms with E-state index in [0.717, 1.165) is 34.2 Å². The zero-order valence-corrected chi connectivity index (χ0v) is 17.7. The average molecular weight is 435 g/mol. The molecule has 4 aromatic heterocycles. The van der Waals surface area contributed by atoms with Crippen molar-refractivity contribution >= 4 is 44.1 Å². The van der Waals surface area contributed by atoms with E-state index in [1.807, 2.05) is 48.4 Å². The Balaban J connectivity index is 0.00000216. The Morgan fingerprint density at radius 2 is 2.19 bits per heavy atom. The van der Waals surface area contributed by atoms with Crippen LogP contribution in [0.2, 0.25) is 0 Å². The molecule has 158 valence electrons. The van der Waals surface area contributed by atoms with Crippen molar-refractivity contribution in [3.8, 4) is 11.6 Å². The zero-order valence-electron chi connectivity index (χ0n) is 16.9. The lowest BCUT2D eigenvalue weighted by Gasteiger charge is -2.14. The van der Waals surface area contributed by atoms with E-state index in [1.165, 1.54) is 4.70 Å². The molecule has 1 aliphatic rings. The normalized spacial score (nSPS) is 16.4. The lowest BCUT2D eigenvalue weighted by Crippen LogP contribution is -2.17. The summed E-state index contributed by atoms with van der Waals surface area (Å²) in [6, 6.07) is 10.3. The molecule has 0 aliphatic carbocycles. The lowest BCUT2D eigenvalue weighted by atomic mass is 10.2. The number of fused-ring (bicyclic) bond motifs is 2. The van der Waals surface area contributed by atoms with Crippen LogP contribution in [-0.4, -0.2) is 43.6 Å². The van der Waals surface area contributed by atoms with Gasteiger partial charge in [0.25, 0.3) is 0 Å². The van der Waals surface area contributed by atoms with Gasteiger partial charge in [0.15, 0.2) is 0 Å². The van der Waals surface area contributed by atoms with Gasteiger partial charge >= 0.3 is 0 Å². The van der Waals surface area contributed by atoms with Gasteiger partial charge in [0.2, 0.25) is 11.8 Å². The molecule has 1 N–H and O–H groups in total. The summed E-state index contributed by atoms with van der Waals surface area (Å²) in [5, 5.41) is 10.9. The molecule has 9 heteroatoms. The van der Waals surface area contributed by atoms with Crippen molar-refractivity contribution in [3.63, 3.8) is 0 Å². The second kappa shape index (κ2) is 7.36. The quantitative estimate of drug-likeness (QED) is 0.438. The van der Waals surface area contributed by atoms with E-state index in [-0.39, 0.29) is 7.53 Å². The first-order valence-electron chi connectivity index (χ1n) is 10.1. The third-order valence-electron chi connectivity index (χ3n) is 5.36. The van der Waals surface area contributed by atoms with Crippen LogP contribution in [0.1, 0.15) is 7.85 Å². The molecule has 0 unspecified atom stereocenters. The molecule has 0 bridgehead atoms. The molecule has 5 heterocycles. The fourth-order valence-electron chi connectivity index (χ4n) is 3.86. The van der Waals surface area contributed by atoms with Crippen molar-refractivity contribution in [3.05, 3.63) is 54.3 Å². The minimum Gasteiger partial charge on any atom is -0.470 e. The molecule has 1 saturated heterocycles. The highest BCUT2D eigenvalue weighted by molar-refractivity contribution is 7.17. The van der Waals surface area contributed by atoms with Gasteiger partial charge in [-0.05, 0) is 12.1 Å². The Kier molecular flexibility index (Phi) is 4.36. The van der Waals surface area contributed by atoms with Crippen molar-refractivity contribution in [2.45, 2.75) is 12.5 Å². The minimum absolute atomic E-state index is 0. The van der Waals surface area contributed by atoms with E-state index >= 15 is 0 Å². The number of anilines is 2. The summed E-state index contributed by atoms with van der Waals surface area (Å²) in [6.07, 6.45) is 6.55. The summed E-state index contributed by atoms with van der Waals surface area (Å²) >= 11 is 1.69. The van der Waals surface area contributed by atoms with Crippen molar-refractivity contribution < 1.29 is 10.9 Å². The van der Waals surface area contributed by atoms with Crippen LogP contribution in [0.4, 0.5) is 11.6 Å². The molecule has 5 aromatic rings. The lowest BCUT2D eigenvalue weighted by molar-refractivity contribution is 0.139. The van der Waals surface area contributed by atoms with Crippen molar-refractivity contribution in [2.75, 3.05) is 18.5 Å². The number of nitrogens with one attached hydrogen (secondary N) is 1. The van der Waals surface area contributed by atoms with Gasteiger partial charge in [-0.25, -0.2) is 4.98 Å². The number of ether oxygens (including phenoxy) is 2.